The van der Waals surface area contributed by atoms with E-state index < -0.39 is 0 Å². The van der Waals surface area contributed by atoms with E-state index in [2.05, 4.69) is 40.0 Å². The summed E-state index contributed by atoms with van der Waals surface area (Å²) in [5.74, 6) is 0.615. The summed E-state index contributed by atoms with van der Waals surface area (Å²) in [6, 6.07) is 15.8. The number of halogens is 1. The van der Waals surface area contributed by atoms with Crippen LogP contribution in [0.5, 0.6) is 5.75 Å². The van der Waals surface area contributed by atoms with E-state index in [-0.39, 0.29) is 0 Å². The number of benzene rings is 2. The Labute approximate surface area is 126 Å². The van der Waals surface area contributed by atoms with Gasteiger partial charge in [-0.2, -0.15) is 5.26 Å². The first-order valence-electron chi connectivity index (χ1n) is 5.80. The lowest BCUT2D eigenvalue weighted by Gasteiger charge is -2.10. The van der Waals surface area contributed by atoms with Crippen molar-refractivity contribution >= 4 is 28.3 Å². The second kappa shape index (κ2) is 6.43. The third kappa shape index (κ3) is 3.38. The summed E-state index contributed by atoms with van der Waals surface area (Å²) in [4.78, 5) is 0. The predicted molar refractivity (Wildman–Crippen MR) is 84.2 cm³/mol. The van der Waals surface area contributed by atoms with E-state index in [1.54, 1.807) is 13.2 Å². The number of ether oxygens (including phenoxy) is 1. The van der Waals surface area contributed by atoms with Gasteiger partial charge in [0.15, 0.2) is 0 Å². The molecule has 1 N–H and O–H groups in total. The zero-order valence-corrected chi connectivity index (χ0v) is 12.6. The van der Waals surface area contributed by atoms with Crippen molar-refractivity contribution in [2.45, 2.75) is 6.54 Å². The molecule has 0 fully saturated rings. The van der Waals surface area contributed by atoms with Crippen molar-refractivity contribution in [1.82, 2.24) is 0 Å². The molecule has 3 nitrogen and oxygen atoms in total. The molecular formula is C15H13IN2O. The Hall–Kier alpha value is -1.74. The molecule has 0 amide bonds. The van der Waals surface area contributed by atoms with Crippen molar-refractivity contribution in [2.75, 3.05) is 12.4 Å². The molecule has 0 saturated carbocycles. The van der Waals surface area contributed by atoms with Crippen LogP contribution in [-0.4, -0.2) is 7.11 Å². The van der Waals surface area contributed by atoms with Crippen molar-refractivity contribution in [3.63, 3.8) is 0 Å². The number of rotatable bonds is 4. The van der Waals surface area contributed by atoms with Crippen molar-refractivity contribution in [1.29, 1.82) is 5.26 Å². The molecule has 2 rings (SSSR count). The van der Waals surface area contributed by atoms with Gasteiger partial charge < -0.3 is 10.1 Å². The largest absolute Gasteiger partial charge is 0.495 e. The molecule has 0 saturated heterocycles. The molecule has 0 bridgehead atoms. The summed E-state index contributed by atoms with van der Waals surface area (Å²) in [5, 5.41) is 12.3. The molecule has 96 valence electrons. The molecule has 2 aromatic carbocycles. The van der Waals surface area contributed by atoms with Gasteiger partial charge in [0.1, 0.15) is 11.8 Å². The number of hydrogen-bond acceptors (Lipinski definition) is 3. The minimum Gasteiger partial charge on any atom is -0.495 e. The van der Waals surface area contributed by atoms with Gasteiger partial charge in [-0.1, -0.05) is 18.2 Å². The summed E-state index contributed by atoms with van der Waals surface area (Å²) in [5.41, 5.74) is 2.74. The van der Waals surface area contributed by atoms with E-state index in [1.165, 1.54) is 3.57 Å². The molecule has 19 heavy (non-hydrogen) atoms. The first-order chi connectivity index (χ1) is 9.24. The Balaban J connectivity index is 2.13. The van der Waals surface area contributed by atoms with Crippen molar-refractivity contribution in [3.8, 4) is 11.8 Å². The minimum atomic E-state index is 0.556. The van der Waals surface area contributed by atoms with E-state index in [0.29, 0.717) is 17.9 Å². The van der Waals surface area contributed by atoms with E-state index in [1.807, 2.05) is 30.3 Å². The number of methoxy groups -OCH3 is 1. The molecular weight excluding hydrogens is 351 g/mol. The first-order valence-corrected chi connectivity index (χ1v) is 6.88. The number of nitrogens with zero attached hydrogens (tertiary/aromatic N) is 1. The predicted octanol–water partition coefficient (Wildman–Crippen LogP) is 3.78. The zero-order valence-electron chi connectivity index (χ0n) is 10.5. The summed E-state index contributed by atoms with van der Waals surface area (Å²) in [6.07, 6.45) is 0. The van der Waals surface area contributed by atoms with Gasteiger partial charge in [0.25, 0.3) is 0 Å². The lowest BCUT2D eigenvalue weighted by atomic mass is 10.1. The summed E-state index contributed by atoms with van der Waals surface area (Å²) < 4.78 is 6.38. The smallest absolute Gasteiger partial charge is 0.136 e. The third-order valence-corrected chi connectivity index (χ3v) is 3.68. The van der Waals surface area contributed by atoms with Crippen molar-refractivity contribution < 1.29 is 4.74 Å². The zero-order chi connectivity index (χ0) is 13.7. The molecule has 0 aromatic heterocycles. The molecule has 4 heteroatoms. The molecule has 2 aromatic rings. The van der Waals surface area contributed by atoms with Crippen LogP contribution in [0.1, 0.15) is 11.1 Å². The summed E-state index contributed by atoms with van der Waals surface area (Å²) in [6.45, 7) is 0.697. The minimum absolute atomic E-state index is 0.556. The van der Waals surface area contributed by atoms with Gasteiger partial charge >= 0.3 is 0 Å². The number of anilines is 1. The SMILES string of the molecule is COc1cc(CNc2ccccc2I)ccc1C#N. The Morgan fingerprint density at radius 3 is 2.74 bits per heavy atom. The summed E-state index contributed by atoms with van der Waals surface area (Å²) >= 11 is 2.30. The van der Waals surface area contributed by atoms with Crippen LogP contribution in [0.15, 0.2) is 42.5 Å². The maximum absolute atomic E-state index is 8.94. The second-order valence-electron chi connectivity index (χ2n) is 3.98. The highest BCUT2D eigenvalue weighted by atomic mass is 127. The molecule has 0 aliphatic rings. The van der Waals surface area contributed by atoms with Gasteiger partial charge in [0.05, 0.1) is 12.7 Å². The number of nitrogens with one attached hydrogen (secondary N) is 1. The van der Waals surface area contributed by atoms with Crippen LogP contribution < -0.4 is 10.1 Å². The first kappa shape index (κ1) is 13.7. The van der Waals surface area contributed by atoms with Crippen LogP contribution in [0, 0.1) is 14.9 Å². The molecule has 0 aliphatic carbocycles. The fourth-order valence-electron chi connectivity index (χ4n) is 1.74. The van der Waals surface area contributed by atoms with E-state index in [9.17, 15) is 0 Å². The topological polar surface area (TPSA) is 45.0 Å². The number of nitriles is 1. The Bertz CT molecular complexity index is 620. The molecule has 0 spiro atoms. The number of hydrogen-bond donors (Lipinski definition) is 1. The van der Waals surface area contributed by atoms with Gasteiger partial charge in [-0.15, -0.1) is 0 Å². The van der Waals surface area contributed by atoms with Gasteiger partial charge in [0, 0.05) is 15.8 Å². The fraction of sp³-hybridized carbons (Fsp3) is 0.133. The quantitative estimate of drug-likeness (QED) is 0.840. The molecule has 0 unspecified atom stereocenters. The highest BCUT2D eigenvalue weighted by Crippen LogP contribution is 2.21. The van der Waals surface area contributed by atoms with Crippen LogP contribution in [0.25, 0.3) is 0 Å². The second-order valence-corrected chi connectivity index (χ2v) is 5.14. The average molecular weight is 364 g/mol. The van der Waals surface area contributed by atoms with Gasteiger partial charge in [0.2, 0.25) is 0 Å². The van der Waals surface area contributed by atoms with E-state index in [4.69, 9.17) is 10.00 Å². The maximum atomic E-state index is 8.94. The van der Waals surface area contributed by atoms with E-state index in [0.717, 1.165) is 11.3 Å². The Kier molecular flexibility index (Phi) is 4.63. The highest BCUT2D eigenvalue weighted by Gasteiger charge is 2.04. The third-order valence-electron chi connectivity index (χ3n) is 2.74. The van der Waals surface area contributed by atoms with Crippen LogP contribution >= 0.6 is 22.6 Å². The molecule has 0 aliphatic heterocycles. The maximum Gasteiger partial charge on any atom is 0.136 e. The monoisotopic (exact) mass is 364 g/mol. The molecule has 0 atom stereocenters. The Morgan fingerprint density at radius 2 is 2.05 bits per heavy atom. The van der Waals surface area contributed by atoms with Gasteiger partial charge in [-0.25, -0.2) is 0 Å². The normalized spacial score (nSPS) is 9.74. The van der Waals surface area contributed by atoms with Crippen LogP contribution in [-0.2, 0) is 6.54 Å². The fourth-order valence-corrected chi connectivity index (χ4v) is 2.32. The molecule has 0 radical (unpaired) electrons. The lowest BCUT2D eigenvalue weighted by molar-refractivity contribution is 0.413. The van der Waals surface area contributed by atoms with Crippen molar-refractivity contribution in [2.24, 2.45) is 0 Å². The highest BCUT2D eigenvalue weighted by molar-refractivity contribution is 14.1. The van der Waals surface area contributed by atoms with Crippen LogP contribution in [0.3, 0.4) is 0 Å². The number of para-hydroxylation sites is 1. The van der Waals surface area contributed by atoms with E-state index >= 15 is 0 Å². The lowest BCUT2D eigenvalue weighted by Crippen LogP contribution is -2.01. The van der Waals surface area contributed by atoms with Gasteiger partial charge in [-0.05, 0) is 52.4 Å². The van der Waals surface area contributed by atoms with Crippen LogP contribution in [0.2, 0.25) is 0 Å². The van der Waals surface area contributed by atoms with Crippen LogP contribution in [0.4, 0.5) is 5.69 Å². The van der Waals surface area contributed by atoms with Crippen molar-refractivity contribution in [3.05, 3.63) is 57.2 Å². The summed E-state index contributed by atoms with van der Waals surface area (Å²) in [7, 11) is 1.58. The molecule has 0 heterocycles. The van der Waals surface area contributed by atoms with Gasteiger partial charge in [-0.3, -0.25) is 0 Å². The Morgan fingerprint density at radius 1 is 1.26 bits per heavy atom. The standard InChI is InChI=1S/C15H13IN2O/c1-19-15-8-11(6-7-12(15)9-17)10-18-14-5-3-2-4-13(14)16/h2-8,18H,10H2,1H3. The average Bonchev–Trinajstić information content (AvgIpc) is 2.46.